The van der Waals surface area contributed by atoms with Crippen molar-refractivity contribution in [2.75, 3.05) is 11.8 Å². The number of carbonyl (C=O) groups excluding carboxylic acids is 1. The van der Waals surface area contributed by atoms with Gasteiger partial charge in [-0.3, -0.25) is 4.72 Å². The fraction of sp³-hybridized carbons (Fsp3) is 0.0769. The Hall–Kier alpha value is -2.37. The van der Waals surface area contributed by atoms with Gasteiger partial charge in [-0.05, 0) is 30.3 Å². The summed E-state index contributed by atoms with van der Waals surface area (Å²) in [4.78, 5) is 11.7. The number of nitriles is 1. The second kappa shape index (κ2) is 5.95. The Kier molecular flexibility index (Phi) is 4.26. The Bertz CT molecular complexity index is 819. The number of methoxy groups -OCH3 is 1. The van der Waals surface area contributed by atoms with E-state index in [0.717, 1.165) is 11.3 Å². The lowest BCUT2D eigenvalue weighted by Crippen LogP contribution is -2.12. The number of sulfonamides is 1. The first-order valence-corrected chi connectivity index (χ1v) is 7.97. The van der Waals surface area contributed by atoms with Gasteiger partial charge in [-0.25, -0.2) is 13.2 Å². The van der Waals surface area contributed by atoms with Gasteiger partial charge >= 0.3 is 5.97 Å². The molecule has 0 radical (unpaired) electrons. The zero-order valence-electron chi connectivity index (χ0n) is 10.9. The van der Waals surface area contributed by atoms with E-state index in [2.05, 4.69) is 9.46 Å². The first-order chi connectivity index (χ1) is 9.96. The van der Waals surface area contributed by atoms with E-state index in [-0.39, 0.29) is 15.5 Å². The normalized spacial score (nSPS) is 10.7. The Morgan fingerprint density at radius 1 is 1.33 bits per heavy atom. The van der Waals surface area contributed by atoms with Crippen molar-refractivity contribution in [1.82, 2.24) is 0 Å². The van der Waals surface area contributed by atoms with E-state index in [4.69, 9.17) is 5.26 Å². The molecule has 1 aromatic carbocycles. The molecule has 0 amide bonds. The van der Waals surface area contributed by atoms with Gasteiger partial charge in [0.15, 0.2) is 0 Å². The number of thiophene rings is 1. The highest BCUT2D eigenvalue weighted by Gasteiger charge is 2.17. The summed E-state index contributed by atoms with van der Waals surface area (Å²) < 4.78 is 31.3. The smallest absolute Gasteiger partial charge is 0.337 e. The molecule has 21 heavy (non-hydrogen) atoms. The van der Waals surface area contributed by atoms with Gasteiger partial charge in [0.05, 0.1) is 12.7 Å². The zero-order valence-corrected chi connectivity index (χ0v) is 12.5. The number of hydrogen-bond donors (Lipinski definition) is 1. The predicted octanol–water partition coefficient (Wildman–Crippen LogP) is 2.21. The minimum absolute atomic E-state index is 0.0301. The molecule has 0 bridgehead atoms. The quantitative estimate of drug-likeness (QED) is 0.871. The molecule has 8 heteroatoms. The second-order valence-corrected chi connectivity index (χ2v) is 6.90. The van der Waals surface area contributed by atoms with E-state index in [9.17, 15) is 13.2 Å². The minimum atomic E-state index is -3.79. The van der Waals surface area contributed by atoms with Gasteiger partial charge in [0.25, 0.3) is 10.0 Å². The molecule has 108 valence electrons. The van der Waals surface area contributed by atoms with Crippen molar-refractivity contribution in [3.63, 3.8) is 0 Å². The number of nitrogens with zero attached hydrogens (tertiary/aromatic N) is 1. The van der Waals surface area contributed by atoms with Gasteiger partial charge in [0.1, 0.15) is 15.2 Å². The minimum Gasteiger partial charge on any atom is -0.465 e. The number of ether oxygens (including phenoxy) is 1. The van der Waals surface area contributed by atoms with Crippen LogP contribution in [0, 0.1) is 11.3 Å². The molecule has 0 atom stereocenters. The van der Waals surface area contributed by atoms with E-state index >= 15 is 0 Å². The summed E-state index contributed by atoms with van der Waals surface area (Å²) in [5.41, 5.74) is 0.478. The van der Waals surface area contributed by atoms with Crippen molar-refractivity contribution in [3.8, 4) is 6.07 Å². The van der Waals surface area contributed by atoms with E-state index in [1.165, 1.54) is 37.4 Å². The highest BCUT2D eigenvalue weighted by molar-refractivity contribution is 7.94. The van der Waals surface area contributed by atoms with Crippen LogP contribution in [0.25, 0.3) is 0 Å². The van der Waals surface area contributed by atoms with Gasteiger partial charge < -0.3 is 4.74 Å². The zero-order chi connectivity index (χ0) is 15.5. The maximum atomic E-state index is 12.2. The Balaban J connectivity index is 2.29. The van der Waals surface area contributed by atoms with Gasteiger partial charge in [-0.2, -0.15) is 5.26 Å². The van der Waals surface area contributed by atoms with E-state index in [1.807, 2.05) is 6.07 Å². The van der Waals surface area contributed by atoms with Crippen molar-refractivity contribution in [2.45, 2.75) is 4.21 Å². The average Bonchev–Trinajstić information content (AvgIpc) is 2.96. The summed E-state index contributed by atoms with van der Waals surface area (Å²) in [6.45, 7) is 0. The molecule has 2 aromatic rings. The summed E-state index contributed by atoms with van der Waals surface area (Å²) in [5.74, 6) is -0.557. The van der Waals surface area contributed by atoms with Crippen LogP contribution in [0.3, 0.4) is 0 Å². The van der Waals surface area contributed by atoms with Crippen LogP contribution >= 0.6 is 11.3 Å². The maximum Gasteiger partial charge on any atom is 0.337 e. The SMILES string of the molecule is COC(=O)c1cccc(NS(=O)(=O)c2ccc(C#N)s2)c1. The molecular weight excluding hydrogens is 312 g/mol. The largest absolute Gasteiger partial charge is 0.465 e. The summed E-state index contributed by atoms with van der Waals surface area (Å²) in [6, 6.07) is 10.6. The van der Waals surface area contributed by atoms with Crippen molar-refractivity contribution in [1.29, 1.82) is 5.26 Å². The molecule has 0 unspecified atom stereocenters. The lowest BCUT2D eigenvalue weighted by atomic mass is 10.2. The van der Waals surface area contributed by atoms with E-state index < -0.39 is 16.0 Å². The van der Waals surface area contributed by atoms with E-state index in [1.54, 1.807) is 6.07 Å². The van der Waals surface area contributed by atoms with E-state index in [0.29, 0.717) is 4.88 Å². The number of nitrogens with one attached hydrogen (secondary N) is 1. The fourth-order valence-electron chi connectivity index (χ4n) is 1.56. The third-order valence-corrected chi connectivity index (χ3v) is 5.36. The van der Waals surface area contributed by atoms with Crippen molar-refractivity contribution < 1.29 is 17.9 Å². The number of esters is 1. The third-order valence-electron chi connectivity index (χ3n) is 2.49. The molecule has 1 heterocycles. The van der Waals surface area contributed by atoms with Gasteiger partial charge in [-0.1, -0.05) is 6.07 Å². The monoisotopic (exact) mass is 322 g/mol. The molecule has 0 saturated heterocycles. The predicted molar refractivity (Wildman–Crippen MR) is 77.6 cm³/mol. The Labute approximate surface area is 125 Å². The molecule has 2 rings (SSSR count). The van der Waals surface area contributed by atoms with Crippen LogP contribution in [-0.2, 0) is 14.8 Å². The Morgan fingerprint density at radius 3 is 2.71 bits per heavy atom. The molecular formula is C13H10N2O4S2. The fourth-order valence-corrected chi connectivity index (χ4v) is 3.71. The molecule has 1 aromatic heterocycles. The third kappa shape index (κ3) is 3.39. The first kappa shape index (κ1) is 15.0. The van der Waals surface area contributed by atoms with Crippen LogP contribution in [0.15, 0.2) is 40.6 Å². The number of rotatable bonds is 4. The number of benzene rings is 1. The van der Waals surface area contributed by atoms with Crippen LogP contribution in [0.1, 0.15) is 15.2 Å². The summed E-state index contributed by atoms with van der Waals surface area (Å²) >= 11 is 0.871. The molecule has 0 fully saturated rings. The van der Waals surface area contributed by atoms with Crippen molar-refractivity contribution in [3.05, 3.63) is 46.8 Å². The summed E-state index contributed by atoms with van der Waals surface area (Å²) in [7, 11) is -2.54. The van der Waals surface area contributed by atoms with Gasteiger partial charge in [-0.15, -0.1) is 11.3 Å². The second-order valence-electron chi connectivity index (χ2n) is 3.91. The maximum absolute atomic E-state index is 12.2. The lowest BCUT2D eigenvalue weighted by Gasteiger charge is -2.07. The first-order valence-electron chi connectivity index (χ1n) is 5.67. The molecule has 0 aliphatic carbocycles. The van der Waals surface area contributed by atoms with Crippen LogP contribution in [0.5, 0.6) is 0 Å². The molecule has 0 aliphatic heterocycles. The van der Waals surface area contributed by atoms with Gasteiger partial charge in [0.2, 0.25) is 0 Å². The average molecular weight is 322 g/mol. The van der Waals surface area contributed by atoms with Crippen molar-refractivity contribution >= 4 is 33.0 Å². The van der Waals surface area contributed by atoms with Crippen molar-refractivity contribution in [2.24, 2.45) is 0 Å². The number of hydrogen-bond acceptors (Lipinski definition) is 6. The highest BCUT2D eigenvalue weighted by atomic mass is 32.2. The topological polar surface area (TPSA) is 96.3 Å². The molecule has 6 nitrogen and oxygen atoms in total. The summed E-state index contributed by atoms with van der Waals surface area (Å²) in [5, 5.41) is 8.72. The number of anilines is 1. The van der Waals surface area contributed by atoms with Crippen LogP contribution < -0.4 is 4.72 Å². The Morgan fingerprint density at radius 2 is 2.10 bits per heavy atom. The lowest BCUT2D eigenvalue weighted by molar-refractivity contribution is 0.0601. The highest BCUT2D eigenvalue weighted by Crippen LogP contribution is 2.24. The standard InChI is InChI=1S/C13H10N2O4S2/c1-19-13(16)9-3-2-4-10(7-9)15-21(17,18)12-6-5-11(8-14)20-12/h2-7,15H,1H3. The van der Waals surface area contributed by atoms with Crippen LogP contribution in [0.4, 0.5) is 5.69 Å². The molecule has 0 spiro atoms. The molecule has 0 aliphatic rings. The van der Waals surface area contributed by atoms with Crippen LogP contribution in [0.2, 0.25) is 0 Å². The number of carbonyl (C=O) groups is 1. The molecule has 0 saturated carbocycles. The summed E-state index contributed by atoms with van der Waals surface area (Å²) in [6.07, 6.45) is 0. The van der Waals surface area contributed by atoms with Gasteiger partial charge in [0, 0.05) is 5.69 Å². The molecule has 1 N–H and O–H groups in total. The van der Waals surface area contributed by atoms with Crippen LogP contribution in [-0.4, -0.2) is 21.5 Å².